The lowest BCUT2D eigenvalue weighted by Gasteiger charge is -2.34. The molecule has 0 aliphatic carbocycles. The van der Waals surface area contributed by atoms with Crippen LogP contribution < -0.4 is 5.32 Å². The molecule has 1 aliphatic rings. The summed E-state index contributed by atoms with van der Waals surface area (Å²) in [5.74, 6) is 0. The van der Waals surface area contributed by atoms with E-state index in [0.29, 0.717) is 6.42 Å². The summed E-state index contributed by atoms with van der Waals surface area (Å²) in [4.78, 5) is 2.40. The number of hydrogen-bond donors (Lipinski definition) is 1. The van der Waals surface area contributed by atoms with Gasteiger partial charge in [0, 0.05) is 35.8 Å². The van der Waals surface area contributed by atoms with Crippen molar-refractivity contribution in [3.05, 3.63) is 33.4 Å². The molecule has 0 bridgehead atoms. The molecular formula is C13H18Cl2IN3. The number of nitrogens with one attached hydrogen (secondary N) is 1. The number of hydrogen-bond acceptors (Lipinski definition) is 3. The summed E-state index contributed by atoms with van der Waals surface area (Å²) < 4.78 is 1.24. The van der Waals surface area contributed by atoms with Crippen molar-refractivity contribution in [1.29, 1.82) is 5.26 Å². The Hall–Kier alpha value is -0.0600. The molecule has 1 N–H and O–H groups in total. The molecule has 0 radical (unpaired) electrons. The molecule has 3 nitrogen and oxygen atoms in total. The Morgan fingerprint density at radius 3 is 2.32 bits per heavy atom. The van der Waals surface area contributed by atoms with Crippen LogP contribution in [0.3, 0.4) is 0 Å². The van der Waals surface area contributed by atoms with Crippen LogP contribution in [0.4, 0.5) is 0 Å². The molecule has 1 fully saturated rings. The number of piperazine rings is 1. The van der Waals surface area contributed by atoms with Crippen LogP contribution in [0.15, 0.2) is 24.3 Å². The van der Waals surface area contributed by atoms with Crippen molar-refractivity contribution in [3.8, 4) is 6.07 Å². The molecule has 0 spiro atoms. The van der Waals surface area contributed by atoms with Gasteiger partial charge < -0.3 is 5.32 Å². The predicted octanol–water partition coefficient (Wildman–Crippen LogP) is 2.99. The van der Waals surface area contributed by atoms with Gasteiger partial charge in [0.15, 0.2) is 0 Å². The fraction of sp³-hybridized carbons (Fsp3) is 0.462. The summed E-state index contributed by atoms with van der Waals surface area (Å²) in [5.41, 5.74) is 1.26. The number of benzene rings is 1. The van der Waals surface area contributed by atoms with Crippen LogP contribution in [-0.4, -0.2) is 31.1 Å². The van der Waals surface area contributed by atoms with Gasteiger partial charge >= 0.3 is 0 Å². The molecule has 2 rings (SSSR count). The van der Waals surface area contributed by atoms with E-state index in [1.807, 2.05) is 0 Å². The van der Waals surface area contributed by atoms with Crippen molar-refractivity contribution in [3.63, 3.8) is 0 Å². The number of nitrogens with zero attached hydrogens (tertiary/aromatic N) is 2. The molecule has 1 aliphatic heterocycles. The van der Waals surface area contributed by atoms with Crippen molar-refractivity contribution in [1.82, 2.24) is 10.2 Å². The fourth-order valence-electron chi connectivity index (χ4n) is 2.22. The van der Waals surface area contributed by atoms with Gasteiger partial charge in [0.2, 0.25) is 0 Å². The average Bonchev–Trinajstić information content (AvgIpc) is 2.38. The highest BCUT2D eigenvalue weighted by Crippen LogP contribution is 2.24. The third-order valence-corrected chi connectivity index (χ3v) is 3.85. The first-order valence-corrected chi connectivity index (χ1v) is 6.96. The van der Waals surface area contributed by atoms with Gasteiger partial charge in [-0.05, 0) is 40.3 Å². The molecule has 1 saturated heterocycles. The van der Waals surface area contributed by atoms with E-state index in [-0.39, 0.29) is 30.9 Å². The van der Waals surface area contributed by atoms with E-state index in [1.54, 1.807) is 0 Å². The van der Waals surface area contributed by atoms with Gasteiger partial charge in [-0.2, -0.15) is 5.26 Å². The minimum Gasteiger partial charge on any atom is -0.314 e. The molecule has 0 amide bonds. The Kier molecular flexibility index (Phi) is 9.75. The maximum Gasteiger partial charge on any atom is 0.0641 e. The van der Waals surface area contributed by atoms with E-state index in [0.717, 1.165) is 26.2 Å². The normalized spacial score (nSPS) is 16.6. The van der Waals surface area contributed by atoms with Crippen molar-refractivity contribution in [2.45, 2.75) is 12.5 Å². The van der Waals surface area contributed by atoms with E-state index in [4.69, 9.17) is 5.26 Å². The first-order chi connectivity index (χ1) is 8.31. The summed E-state index contributed by atoms with van der Waals surface area (Å²) in [6.45, 7) is 4.09. The summed E-state index contributed by atoms with van der Waals surface area (Å²) >= 11 is 2.31. The summed E-state index contributed by atoms with van der Waals surface area (Å²) in [6.07, 6.45) is 0.570. The monoisotopic (exact) mass is 413 g/mol. The minimum atomic E-state index is 0. The van der Waals surface area contributed by atoms with Crippen LogP contribution in [-0.2, 0) is 0 Å². The molecule has 0 aromatic heterocycles. The highest BCUT2D eigenvalue weighted by atomic mass is 127. The van der Waals surface area contributed by atoms with E-state index in [1.165, 1.54) is 9.13 Å². The van der Waals surface area contributed by atoms with E-state index >= 15 is 0 Å². The van der Waals surface area contributed by atoms with Gasteiger partial charge in [-0.1, -0.05) is 12.1 Å². The standard InChI is InChI=1S/C13H16IN3.2ClH/c14-12-3-1-11(2-4-12)13(5-6-15)17-9-7-16-8-10-17;;/h1-4,13,16H,5,7-10H2;2*1H/t13-;;/m0../s1. The molecule has 1 heterocycles. The second-order valence-electron chi connectivity index (χ2n) is 4.22. The number of rotatable bonds is 3. The first-order valence-electron chi connectivity index (χ1n) is 5.88. The second-order valence-corrected chi connectivity index (χ2v) is 5.46. The average molecular weight is 414 g/mol. The van der Waals surface area contributed by atoms with Crippen LogP contribution in [0.25, 0.3) is 0 Å². The Morgan fingerprint density at radius 1 is 1.21 bits per heavy atom. The van der Waals surface area contributed by atoms with Crippen LogP contribution in [0, 0.1) is 14.9 Å². The zero-order valence-electron chi connectivity index (χ0n) is 10.5. The molecule has 0 unspecified atom stereocenters. The quantitative estimate of drug-likeness (QED) is 0.774. The Morgan fingerprint density at radius 2 is 1.79 bits per heavy atom. The fourth-order valence-corrected chi connectivity index (χ4v) is 2.58. The van der Waals surface area contributed by atoms with Crippen LogP contribution in [0.5, 0.6) is 0 Å². The lowest BCUT2D eigenvalue weighted by atomic mass is 10.0. The molecule has 0 saturated carbocycles. The largest absolute Gasteiger partial charge is 0.314 e. The predicted molar refractivity (Wildman–Crippen MR) is 91.1 cm³/mol. The topological polar surface area (TPSA) is 39.1 Å². The smallest absolute Gasteiger partial charge is 0.0641 e. The summed E-state index contributed by atoms with van der Waals surface area (Å²) in [6, 6.07) is 11.1. The van der Waals surface area contributed by atoms with Gasteiger partial charge in [-0.3, -0.25) is 4.90 Å². The SMILES string of the molecule is Cl.Cl.N#CC[C@@H](c1ccc(I)cc1)N1CCNCC1. The zero-order chi connectivity index (χ0) is 12.1. The highest BCUT2D eigenvalue weighted by molar-refractivity contribution is 14.1. The third kappa shape index (κ3) is 5.44. The van der Waals surface area contributed by atoms with Gasteiger partial charge in [0.05, 0.1) is 12.5 Å². The molecule has 1 aromatic rings. The third-order valence-electron chi connectivity index (χ3n) is 3.13. The second kappa shape index (κ2) is 9.78. The van der Waals surface area contributed by atoms with Gasteiger partial charge in [-0.25, -0.2) is 0 Å². The molecule has 1 atom stereocenters. The maximum absolute atomic E-state index is 8.99. The first kappa shape index (κ1) is 18.9. The molecular weight excluding hydrogens is 396 g/mol. The summed E-state index contributed by atoms with van der Waals surface area (Å²) in [5, 5.41) is 12.3. The lowest BCUT2D eigenvalue weighted by Crippen LogP contribution is -2.45. The number of halogens is 3. The van der Waals surface area contributed by atoms with Crippen LogP contribution in [0.2, 0.25) is 0 Å². The Labute approximate surface area is 140 Å². The van der Waals surface area contributed by atoms with Crippen molar-refractivity contribution < 1.29 is 0 Å². The van der Waals surface area contributed by atoms with Crippen molar-refractivity contribution in [2.24, 2.45) is 0 Å². The molecule has 6 heteroatoms. The Bertz CT molecular complexity index is 399. The van der Waals surface area contributed by atoms with E-state index in [9.17, 15) is 0 Å². The van der Waals surface area contributed by atoms with E-state index in [2.05, 4.69) is 63.1 Å². The molecule has 19 heavy (non-hydrogen) atoms. The van der Waals surface area contributed by atoms with E-state index < -0.39 is 0 Å². The van der Waals surface area contributed by atoms with Gasteiger partial charge in [0.25, 0.3) is 0 Å². The molecule has 1 aromatic carbocycles. The molecule has 106 valence electrons. The van der Waals surface area contributed by atoms with Crippen molar-refractivity contribution in [2.75, 3.05) is 26.2 Å². The Balaban J connectivity index is 0.00000162. The maximum atomic E-state index is 8.99. The van der Waals surface area contributed by atoms with Crippen LogP contribution >= 0.6 is 47.4 Å². The zero-order valence-corrected chi connectivity index (χ0v) is 14.3. The minimum absolute atomic E-state index is 0. The van der Waals surface area contributed by atoms with Crippen molar-refractivity contribution >= 4 is 47.4 Å². The lowest BCUT2D eigenvalue weighted by molar-refractivity contribution is 0.175. The van der Waals surface area contributed by atoms with Crippen LogP contribution in [0.1, 0.15) is 18.0 Å². The summed E-state index contributed by atoms with van der Waals surface area (Å²) in [7, 11) is 0. The number of nitriles is 1. The van der Waals surface area contributed by atoms with Gasteiger partial charge in [-0.15, -0.1) is 24.8 Å². The highest BCUT2D eigenvalue weighted by Gasteiger charge is 2.21. The van der Waals surface area contributed by atoms with Gasteiger partial charge in [0.1, 0.15) is 0 Å².